The van der Waals surface area contributed by atoms with Crippen LogP contribution in [0.25, 0.3) is 22.4 Å². The van der Waals surface area contributed by atoms with E-state index in [0.717, 1.165) is 32.5 Å². The zero-order valence-corrected chi connectivity index (χ0v) is 11.3. The first-order valence-corrected chi connectivity index (χ1v) is 6.29. The molecule has 3 aromatic rings. The Labute approximate surface area is 112 Å². The van der Waals surface area contributed by atoms with E-state index < -0.39 is 0 Å². The van der Waals surface area contributed by atoms with Gasteiger partial charge in [0.25, 0.3) is 0 Å². The second-order valence-electron chi connectivity index (χ2n) is 4.21. The average molecular weight is 303 g/mol. The van der Waals surface area contributed by atoms with Crippen LogP contribution in [-0.2, 0) is 0 Å². The summed E-state index contributed by atoms with van der Waals surface area (Å²) in [6.45, 7) is 2.04. The molecule has 0 aliphatic carbocycles. The number of aromatic amines is 1. The molecule has 2 heterocycles. The number of aryl methyl sites for hydroxylation is 1. The molecule has 0 amide bonds. The first-order valence-electron chi connectivity index (χ1n) is 5.50. The molecule has 0 saturated carbocycles. The molecule has 0 aliphatic rings. The van der Waals surface area contributed by atoms with E-state index in [1.807, 2.05) is 25.1 Å². The summed E-state index contributed by atoms with van der Waals surface area (Å²) >= 11 is 3.48. The van der Waals surface area contributed by atoms with Crippen molar-refractivity contribution in [2.45, 2.75) is 6.92 Å². The van der Waals surface area contributed by atoms with E-state index in [4.69, 9.17) is 5.73 Å². The highest BCUT2D eigenvalue weighted by Gasteiger charge is 2.08. The maximum atomic E-state index is 5.73. The van der Waals surface area contributed by atoms with Gasteiger partial charge in [-0.15, -0.1) is 0 Å². The smallest absolute Gasteiger partial charge is 0.140 e. The lowest BCUT2D eigenvalue weighted by molar-refractivity contribution is 1.27. The largest absolute Gasteiger partial charge is 0.397 e. The molecule has 0 spiro atoms. The Morgan fingerprint density at radius 2 is 2.06 bits per heavy atom. The van der Waals surface area contributed by atoms with E-state index in [1.54, 1.807) is 12.4 Å². The molecule has 2 aromatic heterocycles. The summed E-state index contributed by atoms with van der Waals surface area (Å²) in [7, 11) is 0. The van der Waals surface area contributed by atoms with Gasteiger partial charge in [0.2, 0.25) is 0 Å². The number of anilines is 1. The van der Waals surface area contributed by atoms with Crippen LogP contribution in [0.3, 0.4) is 0 Å². The lowest BCUT2D eigenvalue weighted by atomic mass is 10.2. The van der Waals surface area contributed by atoms with Gasteiger partial charge in [-0.05, 0) is 30.7 Å². The van der Waals surface area contributed by atoms with Crippen molar-refractivity contribution in [3.8, 4) is 11.4 Å². The number of hydrogen-bond donors (Lipinski definition) is 2. The fourth-order valence-corrected chi connectivity index (χ4v) is 2.54. The van der Waals surface area contributed by atoms with Crippen LogP contribution < -0.4 is 5.73 Å². The number of fused-ring (bicyclic) bond motifs is 1. The van der Waals surface area contributed by atoms with Gasteiger partial charge in [0.1, 0.15) is 5.82 Å². The highest BCUT2D eigenvalue weighted by atomic mass is 79.9. The average Bonchev–Trinajstić information content (AvgIpc) is 2.73. The Hall–Kier alpha value is -1.88. The van der Waals surface area contributed by atoms with Gasteiger partial charge in [0, 0.05) is 22.4 Å². The zero-order chi connectivity index (χ0) is 12.7. The Bertz CT molecular complexity index is 733. The van der Waals surface area contributed by atoms with Gasteiger partial charge in [-0.25, -0.2) is 4.98 Å². The molecule has 1 aromatic carbocycles. The lowest BCUT2D eigenvalue weighted by Gasteiger charge is -1.96. The van der Waals surface area contributed by atoms with Crippen molar-refractivity contribution in [1.29, 1.82) is 0 Å². The quantitative estimate of drug-likeness (QED) is 0.725. The van der Waals surface area contributed by atoms with Gasteiger partial charge in [-0.2, -0.15) is 0 Å². The van der Waals surface area contributed by atoms with E-state index in [9.17, 15) is 0 Å². The summed E-state index contributed by atoms with van der Waals surface area (Å²) in [5, 5.41) is 0. The van der Waals surface area contributed by atoms with Crippen molar-refractivity contribution in [3.05, 3.63) is 40.6 Å². The third-order valence-electron chi connectivity index (χ3n) is 2.77. The third kappa shape index (κ3) is 1.86. The van der Waals surface area contributed by atoms with Gasteiger partial charge in [-0.3, -0.25) is 4.98 Å². The summed E-state index contributed by atoms with van der Waals surface area (Å²) in [6.07, 6.45) is 3.37. The van der Waals surface area contributed by atoms with E-state index >= 15 is 0 Å². The minimum atomic E-state index is 0.630. The predicted octanol–water partition coefficient (Wildman–Crippen LogP) is 3.28. The highest BCUT2D eigenvalue weighted by molar-refractivity contribution is 9.10. The van der Waals surface area contributed by atoms with Crippen molar-refractivity contribution in [2.24, 2.45) is 0 Å². The number of halogens is 1. The molecule has 0 fully saturated rings. The maximum absolute atomic E-state index is 5.73. The summed E-state index contributed by atoms with van der Waals surface area (Å²) in [5.74, 6) is 0.783. The van der Waals surface area contributed by atoms with Crippen LogP contribution in [0.2, 0.25) is 0 Å². The Balaban J connectivity index is 2.22. The molecule has 0 atom stereocenters. The van der Waals surface area contributed by atoms with Crippen molar-refractivity contribution < 1.29 is 0 Å². The van der Waals surface area contributed by atoms with Crippen molar-refractivity contribution >= 4 is 32.7 Å². The Kier molecular flexibility index (Phi) is 2.56. The van der Waals surface area contributed by atoms with Crippen LogP contribution in [0.4, 0.5) is 5.69 Å². The number of hydrogen-bond acceptors (Lipinski definition) is 3. The van der Waals surface area contributed by atoms with E-state index in [-0.39, 0.29) is 0 Å². The number of nitrogens with zero attached hydrogens (tertiary/aromatic N) is 2. The molecule has 0 unspecified atom stereocenters. The Morgan fingerprint density at radius 3 is 2.83 bits per heavy atom. The van der Waals surface area contributed by atoms with E-state index in [1.165, 1.54) is 0 Å². The van der Waals surface area contributed by atoms with E-state index in [2.05, 4.69) is 30.9 Å². The molecular weight excluding hydrogens is 292 g/mol. The number of aromatic nitrogens is 3. The Morgan fingerprint density at radius 1 is 1.22 bits per heavy atom. The van der Waals surface area contributed by atoms with Crippen LogP contribution in [0, 0.1) is 6.92 Å². The van der Waals surface area contributed by atoms with Gasteiger partial charge in [0.05, 0.1) is 16.7 Å². The van der Waals surface area contributed by atoms with Crippen LogP contribution in [-0.4, -0.2) is 15.0 Å². The second kappa shape index (κ2) is 4.10. The minimum absolute atomic E-state index is 0.630. The molecule has 3 N–H and O–H groups in total. The normalized spacial score (nSPS) is 11.0. The van der Waals surface area contributed by atoms with Gasteiger partial charge in [-0.1, -0.05) is 15.9 Å². The predicted molar refractivity (Wildman–Crippen MR) is 76.2 cm³/mol. The van der Waals surface area contributed by atoms with Crippen molar-refractivity contribution in [3.63, 3.8) is 0 Å². The highest BCUT2D eigenvalue weighted by Crippen LogP contribution is 2.26. The summed E-state index contributed by atoms with van der Waals surface area (Å²) in [5.41, 5.74) is 10.3. The molecule has 0 aliphatic heterocycles. The SMILES string of the molecule is Cc1cc(Br)cc2[nH]c(-c3cncc(N)c3)nc12. The molecule has 3 rings (SSSR count). The number of nitrogen functional groups attached to an aromatic ring is 1. The monoisotopic (exact) mass is 302 g/mol. The van der Waals surface area contributed by atoms with Crippen LogP contribution in [0.15, 0.2) is 35.1 Å². The fraction of sp³-hybridized carbons (Fsp3) is 0.0769. The lowest BCUT2D eigenvalue weighted by Crippen LogP contribution is -1.88. The fourth-order valence-electron chi connectivity index (χ4n) is 1.97. The molecule has 90 valence electrons. The van der Waals surface area contributed by atoms with Crippen LogP contribution >= 0.6 is 15.9 Å². The minimum Gasteiger partial charge on any atom is -0.397 e. The second-order valence-corrected chi connectivity index (χ2v) is 5.13. The molecule has 0 saturated heterocycles. The maximum Gasteiger partial charge on any atom is 0.140 e. The first-order chi connectivity index (χ1) is 8.63. The van der Waals surface area contributed by atoms with Gasteiger partial charge < -0.3 is 10.7 Å². The van der Waals surface area contributed by atoms with Crippen molar-refractivity contribution in [2.75, 3.05) is 5.73 Å². The number of rotatable bonds is 1. The molecule has 0 bridgehead atoms. The number of benzene rings is 1. The van der Waals surface area contributed by atoms with Crippen LogP contribution in [0.5, 0.6) is 0 Å². The molecule has 0 radical (unpaired) electrons. The standard InChI is InChI=1S/C13H11BrN4/c1-7-2-9(14)4-11-12(7)18-13(17-11)8-3-10(15)6-16-5-8/h2-6H,15H2,1H3,(H,17,18). The van der Waals surface area contributed by atoms with Gasteiger partial charge >= 0.3 is 0 Å². The van der Waals surface area contributed by atoms with Gasteiger partial charge in [0.15, 0.2) is 0 Å². The topological polar surface area (TPSA) is 67.6 Å². The van der Waals surface area contributed by atoms with Crippen molar-refractivity contribution in [1.82, 2.24) is 15.0 Å². The molecule has 5 heteroatoms. The number of pyridine rings is 1. The number of nitrogens with two attached hydrogens (primary N) is 1. The summed E-state index contributed by atoms with van der Waals surface area (Å²) < 4.78 is 1.04. The third-order valence-corrected chi connectivity index (χ3v) is 3.23. The number of H-pyrrole nitrogens is 1. The number of nitrogens with one attached hydrogen (secondary N) is 1. The van der Waals surface area contributed by atoms with Crippen LogP contribution in [0.1, 0.15) is 5.56 Å². The molecule has 4 nitrogen and oxygen atoms in total. The zero-order valence-electron chi connectivity index (χ0n) is 9.74. The summed E-state index contributed by atoms with van der Waals surface area (Å²) in [4.78, 5) is 12.0. The first kappa shape index (κ1) is 11.2. The molecular formula is C13H11BrN4. The number of imidazole rings is 1. The summed E-state index contributed by atoms with van der Waals surface area (Å²) in [6, 6.07) is 5.91. The molecule has 18 heavy (non-hydrogen) atoms. The van der Waals surface area contributed by atoms with E-state index in [0.29, 0.717) is 5.69 Å².